The van der Waals surface area contributed by atoms with Crippen LogP contribution < -0.4 is 0 Å². The van der Waals surface area contributed by atoms with E-state index < -0.39 is 5.60 Å². The summed E-state index contributed by atoms with van der Waals surface area (Å²) in [6, 6.07) is 10.2. The molecule has 2 heterocycles. The number of carbonyl (C=O) groups excluding carboxylic acids is 2. The van der Waals surface area contributed by atoms with E-state index in [1.165, 1.54) is 0 Å². The van der Waals surface area contributed by atoms with Gasteiger partial charge in [0.05, 0.1) is 6.42 Å². The highest BCUT2D eigenvalue weighted by atomic mass is 16.6. The number of fused-ring (bicyclic) bond motifs is 2. The van der Waals surface area contributed by atoms with Crippen LogP contribution in [0.25, 0.3) is 0 Å². The van der Waals surface area contributed by atoms with Crippen LogP contribution in [0.3, 0.4) is 0 Å². The van der Waals surface area contributed by atoms with Gasteiger partial charge in [0.2, 0.25) is 0 Å². The Morgan fingerprint density at radius 3 is 2.46 bits per heavy atom. The minimum absolute atomic E-state index is 0.180. The number of likely N-dealkylation sites (tertiary alicyclic amines) is 2. The summed E-state index contributed by atoms with van der Waals surface area (Å²) in [4.78, 5) is 28.4. The van der Waals surface area contributed by atoms with E-state index in [0.29, 0.717) is 32.2 Å². The standard InChI is InChI=1S/C20H28N2O4/c1-20(2,3)26-19(24)22-13-16-11-17(22)12-21(16)10-9-18(23)25-14-15-7-5-4-6-8-15/h4-8,16-17H,9-14H2,1-3H3/t16-,17-/m0/s1. The van der Waals surface area contributed by atoms with Crippen molar-refractivity contribution >= 4 is 12.1 Å². The van der Waals surface area contributed by atoms with Gasteiger partial charge in [-0.2, -0.15) is 0 Å². The number of rotatable bonds is 5. The molecule has 1 aromatic carbocycles. The monoisotopic (exact) mass is 360 g/mol. The average molecular weight is 360 g/mol. The fourth-order valence-corrected chi connectivity index (χ4v) is 3.61. The number of hydrogen-bond donors (Lipinski definition) is 0. The molecule has 0 N–H and O–H groups in total. The first-order chi connectivity index (χ1) is 12.3. The fourth-order valence-electron chi connectivity index (χ4n) is 3.61. The zero-order valence-electron chi connectivity index (χ0n) is 15.8. The number of hydrogen-bond acceptors (Lipinski definition) is 5. The lowest BCUT2D eigenvalue weighted by Gasteiger charge is -2.35. The first-order valence-corrected chi connectivity index (χ1v) is 9.25. The summed E-state index contributed by atoms with van der Waals surface area (Å²) in [6.45, 7) is 8.12. The van der Waals surface area contributed by atoms with E-state index in [1.807, 2.05) is 56.0 Å². The Kier molecular flexibility index (Phi) is 5.51. The SMILES string of the molecule is CC(C)(C)OC(=O)N1C[C@@H]2C[C@H]1CN2CCC(=O)OCc1ccccc1. The van der Waals surface area contributed by atoms with Crippen LogP contribution in [0.5, 0.6) is 0 Å². The van der Waals surface area contributed by atoms with E-state index in [9.17, 15) is 9.59 Å². The molecule has 2 bridgehead atoms. The molecule has 0 unspecified atom stereocenters. The lowest BCUT2D eigenvalue weighted by molar-refractivity contribution is -0.145. The van der Waals surface area contributed by atoms with Crippen LogP contribution in [0.4, 0.5) is 4.79 Å². The third-order valence-electron chi connectivity index (χ3n) is 4.83. The summed E-state index contributed by atoms with van der Waals surface area (Å²) >= 11 is 0. The zero-order valence-corrected chi connectivity index (χ0v) is 15.8. The van der Waals surface area contributed by atoms with E-state index in [-0.39, 0.29) is 18.1 Å². The van der Waals surface area contributed by atoms with Crippen LogP contribution in [0.2, 0.25) is 0 Å². The Hall–Kier alpha value is -2.08. The Bertz CT molecular complexity index is 641. The molecular formula is C20H28N2O4. The fraction of sp³-hybridized carbons (Fsp3) is 0.600. The first-order valence-electron chi connectivity index (χ1n) is 9.25. The number of esters is 1. The summed E-state index contributed by atoms with van der Waals surface area (Å²) in [7, 11) is 0. The van der Waals surface area contributed by atoms with Crippen molar-refractivity contribution in [2.45, 2.75) is 57.9 Å². The average Bonchev–Trinajstić information content (AvgIpc) is 3.18. The lowest BCUT2D eigenvalue weighted by Crippen LogP contribution is -2.50. The molecule has 26 heavy (non-hydrogen) atoms. The topological polar surface area (TPSA) is 59.1 Å². The molecule has 2 atom stereocenters. The smallest absolute Gasteiger partial charge is 0.410 e. The van der Waals surface area contributed by atoms with E-state index in [4.69, 9.17) is 9.47 Å². The van der Waals surface area contributed by atoms with E-state index in [2.05, 4.69) is 4.90 Å². The van der Waals surface area contributed by atoms with Gasteiger partial charge in [-0.15, -0.1) is 0 Å². The molecule has 2 fully saturated rings. The van der Waals surface area contributed by atoms with Gasteiger partial charge in [0.1, 0.15) is 12.2 Å². The maximum Gasteiger partial charge on any atom is 0.410 e. The van der Waals surface area contributed by atoms with Crippen molar-refractivity contribution in [3.05, 3.63) is 35.9 Å². The minimum Gasteiger partial charge on any atom is -0.461 e. The largest absolute Gasteiger partial charge is 0.461 e. The molecule has 2 aliphatic rings. The lowest BCUT2D eigenvalue weighted by atomic mass is 10.2. The number of carbonyl (C=O) groups is 2. The highest BCUT2D eigenvalue weighted by Crippen LogP contribution is 2.31. The molecule has 0 radical (unpaired) electrons. The maximum absolute atomic E-state index is 12.3. The molecule has 1 amide bonds. The number of piperazine rings is 1. The molecular weight excluding hydrogens is 332 g/mol. The van der Waals surface area contributed by atoms with Gasteiger partial charge in [-0.25, -0.2) is 4.79 Å². The number of ether oxygens (including phenoxy) is 2. The van der Waals surface area contributed by atoms with Crippen molar-refractivity contribution in [1.82, 2.24) is 9.80 Å². The van der Waals surface area contributed by atoms with Gasteiger partial charge in [-0.1, -0.05) is 30.3 Å². The minimum atomic E-state index is -0.471. The van der Waals surface area contributed by atoms with E-state index in [0.717, 1.165) is 18.5 Å². The highest BCUT2D eigenvalue weighted by molar-refractivity contribution is 5.70. The van der Waals surface area contributed by atoms with Crippen molar-refractivity contribution < 1.29 is 19.1 Å². The Balaban J connectivity index is 1.39. The molecule has 0 saturated carbocycles. The van der Waals surface area contributed by atoms with Crippen molar-refractivity contribution in [2.24, 2.45) is 0 Å². The Labute approximate surface area is 155 Å². The summed E-state index contributed by atoms with van der Waals surface area (Å²) < 4.78 is 10.8. The van der Waals surface area contributed by atoms with Gasteiger partial charge < -0.3 is 14.4 Å². The summed E-state index contributed by atoms with van der Waals surface area (Å²) in [5, 5.41) is 0. The van der Waals surface area contributed by atoms with Crippen LogP contribution >= 0.6 is 0 Å². The number of benzene rings is 1. The predicted octanol–water partition coefficient (Wildman–Crippen LogP) is 2.81. The summed E-state index contributed by atoms with van der Waals surface area (Å²) in [6.07, 6.45) is 1.10. The van der Waals surface area contributed by atoms with Crippen molar-refractivity contribution in [3.8, 4) is 0 Å². The van der Waals surface area contributed by atoms with Gasteiger partial charge in [0.15, 0.2) is 0 Å². The summed E-state index contributed by atoms with van der Waals surface area (Å²) in [5.74, 6) is -0.180. The second-order valence-corrected chi connectivity index (χ2v) is 8.07. The number of amides is 1. The molecule has 6 nitrogen and oxygen atoms in total. The molecule has 0 aromatic heterocycles. The Morgan fingerprint density at radius 1 is 1.12 bits per heavy atom. The van der Waals surface area contributed by atoms with E-state index >= 15 is 0 Å². The Morgan fingerprint density at radius 2 is 1.85 bits per heavy atom. The maximum atomic E-state index is 12.3. The predicted molar refractivity (Wildman–Crippen MR) is 97.6 cm³/mol. The first kappa shape index (κ1) is 18.7. The quantitative estimate of drug-likeness (QED) is 0.756. The molecule has 142 valence electrons. The van der Waals surface area contributed by atoms with E-state index in [1.54, 1.807) is 0 Å². The second kappa shape index (κ2) is 7.66. The number of nitrogens with zero attached hydrogens (tertiary/aromatic N) is 2. The van der Waals surface area contributed by atoms with Crippen LogP contribution in [-0.2, 0) is 20.9 Å². The van der Waals surface area contributed by atoms with Gasteiger partial charge >= 0.3 is 12.1 Å². The van der Waals surface area contributed by atoms with Gasteiger partial charge in [0.25, 0.3) is 0 Å². The molecule has 0 spiro atoms. The highest BCUT2D eigenvalue weighted by Gasteiger charge is 2.46. The molecule has 2 saturated heterocycles. The van der Waals surface area contributed by atoms with Crippen molar-refractivity contribution in [2.75, 3.05) is 19.6 Å². The third-order valence-corrected chi connectivity index (χ3v) is 4.83. The normalized spacial score (nSPS) is 22.5. The molecule has 3 rings (SSSR count). The van der Waals surface area contributed by atoms with Crippen LogP contribution in [-0.4, -0.2) is 59.2 Å². The third kappa shape index (κ3) is 4.75. The van der Waals surface area contributed by atoms with Gasteiger partial charge in [0, 0.05) is 31.7 Å². The van der Waals surface area contributed by atoms with Crippen LogP contribution in [0, 0.1) is 0 Å². The van der Waals surface area contributed by atoms with Gasteiger partial charge in [-0.3, -0.25) is 9.69 Å². The van der Waals surface area contributed by atoms with Crippen molar-refractivity contribution in [1.29, 1.82) is 0 Å². The van der Waals surface area contributed by atoms with Crippen LogP contribution in [0.15, 0.2) is 30.3 Å². The molecule has 1 aromatic rings. The van der Waals surface area contributed by atoms with Crippen LogP contribution in [0.1, 0.15) is 39.2 Å². The second-order valence-electron chi connectivity index (χ2n) is 8.07. The molecule has 2 aliphatic heterocycles. The van der Waals surface area contributed by atoms with Gasteiger partial charge in [-0.05, 0) is 32.8 Å². The molecule has 6 heteroatoms. The summed E-state index contributed by atoms with van der Waals surface area (Å²) in [5.41, 5.74) is 0.523. The molecule has 0 aliphatic carbocycles. The zero-order chi connectivity index (χ0) is 18.7. The van der Waals surface area contributed by atoms with Crippen molar-refractivity contribution in [3.63, 3.8) is 0 Å².